The molecule has 184 valence electrons. The highest BCUT2D eigenvalue weighted by atomic mass is 16.3. The third-order valence-electron chi connectivity index (χ3n) is 7.36. The fourth-order valence-electron chi connectivity index (χ4n) is 5.60. The number of fused-ring (bicyclic) bond motifs is 3. The lowest BCUT2D eigenvalue weighted by Crippen LogP contribution is -2.52. The summed E-state index contributed by atoms with van der Waals surface area (Å²) < 4.78 is 0. The van der Waals surface area contributed by atoms with E-state index in [4.69, 9.17) is 0 Å². The lowest BCUT2D eigenvalue weighted by atomic mass is 9.89. The molecule has 1 fully saturated rings. The van der Waals surface area contributed by atoms with Gasteiger partial charge < -0.3 is 15.3 Å². The molecule has 0 spiro atoms. The van der Waals surface area contributed by atoms with Gasteiger partial charge in [-0.2, -0.15) is 0 Å². The Hall–Kier alpha value is -4.36. The van der Waals surface area contributed by atoms with E-state index in [9.17, 15) is 14.7 Å². The minimum absolute atomic E-state index is 0.233. The molecular weight excluding hydrogens is 464 g/mol. The van der Waals surface area contributed by atoms with Gasteiger partial charge in [0.1, 0.15) is 6.04 Å². The number of aliphatic hydroxyl groups is 1. The number of carbonyl (C=O) groups excluding carboxylic acids is 2. The van der Waals surface area contributed by atoms with E-state index in [-0.39, 0.29) is 5.91 Å². The van der Waals surface area contributed by atoms with Crippen LogP contribution in [0.25, 0.3) is 22.4 Å². The first kappa shape index (κ1) is 23.1. The highest BCUT2D eigenvalue weighted by Gasteiger charge is 2.52. The van der Waals surface area contributed by atoms with Gasteiger partial charge in [0.25, 0.3) is 5.91 Å². The molecule has 7 heteroatoms. The molecule has 1 aromatic heterocycles. The first-order chi connectivity index (χ1) is 18.1. The van der Waals surface area contributed by atoms with Crippen molar-refractivity contribution in [2.45, 2.75) is 31.0 Å². The maximum Gasteiger partial charge on any atom is 0.264 e. The number of nitrogens with one attached hydrogen (secondary N) is 1. The molecule has 1 aliphatic carbocycles. The average molecular weight is 491 g/mol. The predicted molar refractivity (Wildman–Crippen MR) is 139 cm³/mol. The van der Waals surface area contributed by atoms with E-state index in [0.717, 1.165) is 27.9 Å². The van der Waals surface area contributed by atoms with Crippen molar-refractivity contribution >= 4 is 11.8 Å². The van der Waals surface area contributed by atoms with Crippen LogP contribution in [0.3, 0.4) is 0 Å². The van der Waals surface area contributed by atoms with E-state index in [1.165, 1.54) is 0 Å². The molecule has 7 nitrogen and oxygen atoms in total. The molecule has 1 saturated heterocycles. The number of rotatable bonds is 5. The van der Waals surface area contributed by atoms with Crippen molar-refractivity contribution in [2.75, 3.05) is 6.54 Å². The molecule has 1 aliphatic heterocycles. The number of amides is 2. The summed E-state index contributed by atoms with van der Waals surface area (Å²) in [4.78, 5) is 37.5. The monoisotopic (exact) mass is 490 g/mol. The van der Waals surface area contributed by atoms with Crippen molar-refractivity contribution in [2.24, 2.45) is 0 Å². The topological polar surface area (TPSA) is 95.4 Å². The summed E-state index contributed by atoms with van der Waals surface area (Å²) in [6.07, 6.45) is 6.18. The molecule has 2 aliphatic rings. The number of hydrogen-bond donors (Lipinski definition) is 2. The third-order valence-corrected chi connectivity index (χ3v) is 7.36. The second-order valence-electron chi connectivity index (χ2n) is 9.42. The summed E-state index contributed by atoms with van der Waals surface area (Å²) in [5, 5.41) is 15.0. The Kier molecular flexibility index (Phi) is 5.77. The average Bonchev–Trinajstić information content (AvgIpc) is 3.55. The van der Waals surface area contributed by atoms with Crippen LogP contribution in [0.4, 0.5) is 0 Å². The Bertz CT molecular complexity index is 1440. The van der Waals surface area contributed by atoms with Crippen molar-refractivity contribution < 1.29 is 14.7 Å². The molecule has 0 bridgehead atoms. The molecule has 2 heterocycles. The number of likely N-dealkylation sites (tertiary alicyclic amines) is 1. The third kappa shape index (κ3) is 3.79. The quantitative estimate of drug-likeness (QED) is 0.445. The number of benzene rings is 3. The van der Waals surface area contributed by atoms with Gasteiger partial charge >= 0.3 is 0 Å². The fraction of sp³-hybridized carbons (Fsp3) is 0.200. The Morgan fingerprint density at radius 1 is 0.919 bits per heavy atom. The minimum atomic E-state index is -1.82. The predicted octanol–water partition coefficient (Wildman–Crippen LogP) is 3.67. The largest absolute Gasteiger partial charge is 0.372 e. The molecule has 2 N–H and O–H groups in total. The first-order valence-electron chi connectivity index (χ1n) is 12.4. The zero-order valence-corrected chi connectivity index (χ0v) is 20.2. The van der Waals surface area contributed by atoms with Crippen LogP contribution >= 0.6 is 0 Å². The fourth-order valence-corrected chi connectivity index (χ4v) is 5.60. The lowest BCUT2D eigenvalue weighted by molar-refractivity contribution is -0.151. The van der Waals surface area contributed by atoms with Gasteiger partial charge in [-0.15, -0.1) is 0 Å². The summed E-state index contributed by atoms with van der Waals surface area (Å²) >= 11 is 0. The van der Waals surface area contributed by atoms with Crippen LogP contribution in [-0.2, 0) is 21.7 Å². The smallest absolute Gasteiger partial charge is 0.264 e. The first-order valence-corrected chi connectivity index (χ1v) is 12.4. The van der Waals surface area contributed by atoms with Crippen LogP contribution < -0.4 is 5.32 Å². The molecular formula is C30H26N4O3. The number of hydrogen-bond acceptors (Lipinski definition) is 5. The number of carbonyl (C=O) groups is 2. The van der Waals surface area contributed by atoms with Crippen LogP contribution in [0.2, 0.25) is 0 Å². The second kappa shape index (κ2) is 9.26. The van der Waals surface area contributed by atoms with Crippen molar-refractivity contribution in [3.8, 4) is 22.4 Å². The van der Waals surface area contributed by atoms with Crippen molar-refractivity contribution in [3.63, 3.8) is 0 Å². The summed E-state index contributed by atoms with van der Waals surface area (Å²) in [5.74, 6) is -0.689. The second-order valence-corrected chi connectivity index (χ2v) is 9.42. The Labute approximate surface area is 214 Å². The molecule has 37 heavy (non-hydrogen) atoms. The van der Waals surface area contributed by atoms with Crippen molar-refractivity contribution in [1.29, 1.82) is 0 Å². The maximum absolute atomic E-state index is 14.0. The van der Waals surface area contributed by atoms with E-state index in [1.54, 1.807) is 35.6 Å². The molecule has 3 aromatic carbocycles. The van der Waals surface area contributed by atoms with E-state index < -0.39 is 17.6 Å². The van der Waals surface area contributed by atoms with Crippen LogP contribution in [0.1, 0.15) is 29.5 Å². The van der Waals surface area contributed by atoms with Gasteiger partial charge in [-0.05, 0) is 29.5 Å². The lowest BCUT2D eigenvalue weighted by Gasteiger charge is -2.32. The summed E-state index contributed by atoms with van der Waals surface area (Å²) in [5.41, 5.74) is 3.51. The van der Waals surface area contributed by atoms with Crippen LogP contribution in [0.5, 0.6) is 0 Å². The van der Waals surface area contributed by atoms with E-state index >= 15 is 0 Å². The maximum atomic E-state index is 14.0. The zero-order chi connectivity index (χ0) is 25.4. The highest BCUT2D eigenvalue weighted by Crippen LogP contribution is 2.48. The van der Waals surface area contributed by atoms with Gasteiger partial charge in [0.05, 0.1) is 11.9 Å². The molecule has 6 rings (SSSR count). The molecule has 4 aromatic rings. The summed E-state index contributed by atoms with van der Waals surface area (Å²) in [6, 6.07) is 21.9. The molecule has 1 atom stereocenters. The van der Waals surface area contributed by atoms with Gasteiger partial charge in [-0.3, -0.25) is 19.6 Å². The van der Waals surface area contributed by atoms with Crippen molar-refractivity contribution in [1.82, 2.24) is 20.2 Å². The van der Waals surface area contributed by atoms with E-state index in [0.29, 0.717) is 37.1 Å². The summed E-state index contributed by atoms with van der Waals surface area (Å²) in [6.45, 7) is 0.708. The Morgan fingerprint density at radius 3 is 2.24 bits per heavy atom. The van der Waals surface area contributed by atoms with Gasteiger partial charge in [-0.1, -0.05) is 72.8 Å². The van der Waals surface area contributed by atoms with Gasteiger partial charge in [0.2, 0.25) is 5.91 Å². The van der Waals surface area contributed by atoms with E-state index in [2.05, 4.69) is 15.3 Å². The Balaban J connectivity index is 1.25. The molecule has 2 amide bonds. The highest BCUT2D eigenvalue weighted by molar-refractivity contribution is 6.00. The van der Waals surface area contributed by atoms with Gasteiger partial charge in [0.15, 0.2) is 5.60 Å². The normalized spacial score (nSPS) is 17.2. The molecule has 1 unspecified atom stereocenters. The van der Waals surface area contributed by atoms with Crippen LogP contribution in [-0.4, -0.2) is 44.4 Å². The van der Waals surface area contributed by atoms with E-state index in [1.807, 2.05) is 60.7 Å². The van der Waals surface area contributed by atoms with Crippen LogP contribution in [0, 0.1) is 0 Å². The molecule has 0 saturated carbocycles. The van der Waals surface area contributed by atoms with Crippen LogP contribution in [0.15, 0.2) is 91.4 Å². The van der Waals surface area contributed by atoms with Gasteiger partial charge in [-0.25, -0.2) is 0 Å². The number of nitrogens with zero attached hydrogens (tertiary/aromatic N) is 3. The zero-order valence-electron chi connectivity index (χ0n) is 20.2. The van der Waals surface area contributed by atoms with Crippen molar-refractivity contribution in [3.05, 3.63) is 108 Å². The molecule has 0 radical (unpaired) electrons. The standard InChI is InChI=1S/C30H26N4O3/c35-28(33-18-20-8-1-2-9-21(20)26-19-31-15-16-32-26)27-14-7-17-34(27)29(36)30(37)24-12-5-3-10-22(24)23-11-4-6-13-25(23)30/h1-6,8-13,15-16,19,27,37H,7,14,17-18H2,(H,33,35). The summed E-state index contributed by atoms with van der Waals surface area (Å²) in [7, 11) is 0. The SMILES string of the molecule is O=C(NCc1ccccc1-c1cnccn1)C1CCCN1C(=O)C1(O)c2ccccc2-c2ccccc21. The van der Waals surface area contributed by atoms with Gasteiger partial charge in [0, 0.05) is 42.2 Å². The Morgan fingerprint density at radius 2 is 1.57 bits per heavy atom. The number of aromatic nitrogens is 2. The minimum Gasteiger partial charge on any atom is -0.372 e.